The number of methoxy groups -OCH3 is 1. The van der Waals surface area contributed by atoms with Gasteiger partial charge in [-0.1, -0.05) is 37.1 Å². The van der Waals surface area contributed by atoms with E-state index in [1.54, 1.807) is 43.5 Å². The van der Waals surface area contributed by atoms with Crippen LogP contribution in [0, 0.1) is 0 Å². The van der Waals surface area contributed by atoms with Crippen molar-refractivity contribution < 1.29 is 22.7 Å². The first-order chi connectivity index (χ1) is 16.5. The van der Waals surface area contributed by atoms with E-state index in [0.29, 0.717) is 26.3 Å². The van der Waals surface area contributed by atoms with Crippen molar-refractivity contribution in [3.8, 4) is 5.75 Å². The molecule has 2 aromatic carbocycles. The lowest BCUT2D eigenvalue weighted by atomic mass is 10.0. The summed E-state index contributed by atoms with van der Waals surface area (Å²) in [5, 5.41) is 0. The van der Waals surface area contributed by atoms with E-state index < -0.39 is 10.0 Å². The summed E-state index contributed by atoms with van der Waals surface area (Å²) in [4.78, 5) is 15.4. The van der Waals surface area contributed by atoms with E-state index in [0.717, 1.165) is 49.1 Å². The van der Waals surface area contributed by atoms with Gasteiger partial charge in [-0.25, -0.2) is 8.42 Å². The summed E-state index contributed by atoms with van der Waals surface area (Å²) in [7, 11) is -1.88. The minimum atomic E-state index is -3.53. The molecule has 7 nitrogen and oxygen atoms in total. The third-order valence-electron chi connectivity index (χ3n) is 6.44. The minimum absolute atomic E-state index is 0.0339. The Bertz CT molecular complexity index is 1090. The molecule has 0 N–H and O–H groups in total. The van der Waals surface area contributed by atoms with Gasteiger partial charge >= 0.3 is 0 Å². The molecule has 1 unspecified atom stereocenters. The van der Waals surface area contributed by atoms with Gasteiger partial charge in [0.1, 0.15) is 5.75 Å². The monoisotopic (exact) mass is 484 g/mol. The summed E-state index contributed by atoms with van der Waals surface area (Å²) in [5.41, 5.74) is 1.90. The van der Waals surface area contributed by atoms with E-state index in [-0.39, 0.29) is 16.8 Å². The smallest absolute Gasteiger partial charge is 0.247 e. The van der Waals surface area contributed by atoms with Gasteiger partial charge in [0, 0.05) is 25.7 Å². The summed E-state index contributed by atoms with van der Waals surface area (Å²) in [6.45, 7) is 2.27. The molecular formula is C26H32N2O5S. The van der Waals surface area contributed by atoms with Gasteiger partial charge in [0.25, 0.3) is 0 Å². The lowest BCUT2D eigenvalue weighted by molar-refractivity contribution is -0.128. The number of sulfonamides is 1. The second-order valence-electron chi connectivity index (χ2n) is 8.59. The number of ether oxygens (including phenoxy) is 2. The van der Waals surface area contributed by atoms with Crippen LogP contribution in [0.1, 0.15) is 42.9 Å². The SMILES string of the molecule is COc1ccc(C2CCCCCN2C(=O)/C=C/c2ccc(S(=O)(=O)N3CCOCC3)cc2)cc1. The van der Waals surface area contributed by atoms with Gasteiger partial charge in [0.05, 0.1) is 31.3 Å². The standard InChI is InChI=1S/C26H32N2O5S/c1-32-23-11-9-22(10-12-23)25-5-3-2-4-16-28(25)26(29)15-8-21-6-13-24(14-7-21)34(30,31)27-17-19-33-20-18-27/h6-15,25H,2-5,16-20H2,1H3/b15-8+. The molecule has 2 fully saturated rings. The van der Waals surface area contributed by atoms with Crippen molar-refractivity contribution in [3.05, 3.63) is 65.7 Å². The average Bonchev–Trinajstić information content (AvgIpc) is 3.14. The van der Waals surface area contributed by atoms with Gasteiger partial charge in [-0.05, 0) is 54.3 Å². The van der Waals surface area contributed by atoms with E-state index in [9.17, 15) is 13.2 Å². The summed E-state index contributed by atoms with van der Waals surface area (Å²) in [6.07, 6.45) is 7.46. The zero-order valence-corrected chi connectivity index (χ0v) is 20.4. The number of hydrogen-bond acceptors (Lipinski definition) is 5. The fourth-order valence-corrected chi connectivity index (χ4v) is 5.90. The topological polar surface area (TPSA) is 76.2 Å². The van der Waals surface area contributed by atoms with Crippen LogP contribution in [0.25, 0.3) is 6.08 Å². The number of amides is 1. The second kappa shape index (κ2) is 11.2. The maximum absolute atomic E-state index is 13.2. The lowest BCUT2D eigenvalue weighted by Gasteiger charge is -2.29. The van der Waals surface area contributed by atoms with Crippen LogP contribution in [0.4, 0.5) is 0 Å². The van der Waals surface area contributed by atoms with Crippen LogP contribution in [-0.4, -0.2) is 63.5 Å². The van der Waals surface area contributed by atoms with Gasteiger partial charge in [-0.2, -0.15) is 4.31 Å². The largest absolute Gasteiger partial charge is 0.497 e. The summed E-state index contributed by atoms with van der Waals surface area (Å²) >= 11 is 0. The predicted molar refractivity (Wildman–Crippen MR) is 131 cm³/mol. The molecule has 1 atom stereocenters. The van der Waals surface area contributed by atoms with E-state index in [2.05, 4.69) is 0 Å². The van der Waals surface area contributed by atoms with Crippen LogP contribution < -0.4 is 4.74 Å². The van der Waals surface area contributed by atoms with Crippen LogP contribution >= 0.6 is 0 Å². The third kappa shape index (κ3) is 5.68. The molecule has 0 aromatic heterocycles. The number of nitrogens with zero attached hydrogens (tertiary/aromatic N) is 2. The van der Waals surface area contributed by atoms with E-state index >= 15 is 0 Å². The molecule has 0 saturated carbocycles. The van der Waals surface area contributed by atoms with E-state index in [1.165, 1.54) is 4.31 Å². The normalized spacial score (nSPS) is 20.3. The first-order valence-electron chi connectivity index (χ1n) is 11.8. The fraction of sp³-hybridized carbons (Fsp3) is 0.423. The molecule has 182 valence electrons. The van der Waals surface area contributed by atoms with Crippen LogP contribution in [-0.2, 0) is 19.6 Å². The molecule has 0 bridgehead atoms. The van der Waals surface area contributed by atoms with Gasteiger partial charge < -0.3 is 14.4 Å². The van der Waals surface area contributed by atoms with E-state index in [1.807, 2.05) is 29.2 Å². The molecule has 2 aliphatic rings. The molecule has 1 amide bonds. The summed E-state index contributed by atoms with van der Waals surface area (Å²) in [5.74, 6) is 0.766. The van der Waals surface area contributed by atoms with Crippen molar-refractivity contribution >= 4 is 22.0 Å². The third-order valence-corrected chi connectivity index (χ3v) is 8.36. The molecule has 2 heterocycles. The van der Waals surface area contributed by atoms with E-state index in [4.69, 9.17) is 9.47 Å². The molecule has 0 aliphatic carbocycles. The first kappa shape index (κ1) is 24.4. The van der Waals surface area contributed by atoms with Crippen molar-refractivity contribution in [1.82, 2.24) is 9.21 Å². The fourth-order valence-electron chi connectivity index (χ4n) is 4.49. The van der Waals surface area contributed by atoms with Crippen LogP contribution in [0.3, 0.4) is 0 Å². The molecular weight excluding hydrogens is 452 g/mol. The highest BCUT2D eigenvalue weighted by Gasteiger charge is 2.27. The maximum Gasteiger partial charge on any atom is 0.247 e. The molecule has 34 heavy (non-hydrogen) atoms. The van der Waals surface area contributed by atoms with Gasteiger partial charge in [-0.3, -0.25) is 4.79 Å². The molecule has 2 aromatic rings. The lowest BCUT2D eigenvalue weighted by Crippen LogP contribution is -2.40. The van der Waals surface area contributed by atoms with Crippen LogP contribution in [0.15, 0.2) is 59.5 Å². The highest BCUT2D eigenvalue weighted by atomic mass is 32.2. The molecule has 2 aliphatic heterocycles. The van der Waals surface area contributed by atoms with Gasteiger partial charge in [0.2, 0.25) is 15.9 Å². The Balaban J connectivity index is 1.46. The number of hydrogen-bond donors (Lipinski definition) is 0. The molecule has 8 heteroatoms. The van der Waals surface area contributed by atoms with Crippen LogP contribution in [0.5, 0.6) is 5.75 Å². The number of carbonyl (C=O) groups is 1. The molecule has 0 radical (unpaired) electrons. The first-order valence-corrected chi connectivity index (χ1v) is 13.2. The average molecular weight is 485 g/mol. The summed E-state index contributed by atoms with van der Waals surface area (Å²) in [6, 6.07) is 14.6. The highest BCUT2D eigenvalue weighted by molar-refractivity contribution is 7.89. The Labute approximate surface area is 202 Å². The Morgan fingerprint density at radius 2 is 1.68 bits per heavy atom. The van der Waals surface area contributed by atoms with Crippen molar-refractivity contribution in [2.75, 3.05) is 40.0 Å². The number of carbonyl (C=O) groups excluding carboxylic acids is 1. The van der Waals surface area contributed by atoms with Gasteiger partial charge in [0.15, 0.2) is 0 Å². The number of morpholine rings is 1. The Morgan fingerprint density at radius 3 is 2.35 bits per heavy atom. The summed E-state index contributed by atoms with van der Waals surface area (Å²) < 4.78 is 37.6. The predicted octanol–water partition coefficient (Wildman–Crippen LogP) is 3.87. The number of likely N-dealkylation sites (tertiary alicyclic amines) is 1. The van der Waals surface area contributed by atoms with Crippen molar-refractivity contribution in [2.45, 2.75) is 36.6 Å². The van der Waals surface area contributed by atoms with Crippen molar-refractivity contribution in [3.63, 3.8) is 0 Å². The van der Waals surface area contributed by atoms with Gasteiger partial charge in [-0.15, -0.1) is 0 Å². The quantitative estimate of drug-likeness (QED) is 0.582. The van der Waals surface area contributed by atoms with Crippen molar-refractivity contribution in [1.29, 1.82) is 0 Å². The molecule has 0 spiro atoms. The number of rotatable bonds is 6. The zero-order chi connectivity index (χ0) is 24.0. The molecule has 4 rings (SSSR count). The van der Waals surface area contributed by atoms with Crippen LogP contribution in [0.2, 0.25) is 0 Å². The number of benzene rings is 2. The Hall–Kier alpha value is -2.68. The zero-order valence-electron chi connectivity index (χ0n) is 19.6. The minimum Gasteiger partial charge on any atom is -0.497 e. The highest BCUT2D eigenvalue weighted by Crippen LogP contribution is 2.31. The Kier molecular flexibility index (Phi) is 8.03. The Morgan fingerprint density at radius 1 is 0.971 bits per heavy atom. The maximum atomic E-state index is 13.2. The van der Waals surface area contributed by atoms with Crippen molar-refractivity contribution in [2.24, 2.45) is 0 Å². The second-order valence-corrected chi connectivity index (χ2v) is 10.5. The molecule has 2 saturated heterocycles.